The number of piperazine rings is 1. The summed E-state index contributed by atoms with van der Waals surface area (Å²) in [6.07, 6.45) is 2.17. The Labute approximate surface area is 138 Å². The Morgan fingerprint density at radius 3 is 2.26 bits per heavy atom. The lowest BCUT2D eigenvalue weighted by atomic mass is 9.70. The van der Waals surface area contributed by atoms with Gasteiger partial charge in [0, 0.05) is 44.9 Å². The van der Waals surface area contributed by atoms with Crippen molar-refractivity contribution in [1.29, 1.82) is 0 Å². The van der Waals surface area contributed by atoms with E-state index < -0.39 is 15.4 Å². The molecule has 2 aliphatic carbocycles. The molecule has 0 aromatic heterocycles. The Hall–Kier alpha value is -0.950. The molecule has 2 atom stereocenters. The lowest BCUT2D eigenvalue weighted by Gasteiger charge is -2.39. The van der Waals surface area contributed by atoms with E-state index in [1.807, 2.05) is 0 Å². The molecule has 6 nitrogen and oxygen atoms in total. The molecular weight excluding hydrogens is 316 g/mol. The largest absolute Gasteiger partial charge is 0.340 e. The van der Waals surface area contributed by atoms with Gasteiger partial charge in [0.15, 0.2) is 0 Å². The zero-order valence-corrected chi connectivity index (χ0v) is 15.0. The number of amides is 1. The second-order valence-electron chi connectivity index (χ2n) is 7.83. The molecule has 1 heterocycles. The van der Waals surface area contributed by atoms with Crippen LogP contribution in [0.1, 0.15) is 40.0 Å². The Morgan fingerprint density at radius 1 is 1.22 bits per heavy atom. The van der Waals surface area contributed by atoms with Crippen molar-refractivity contribution in [2.75, 3.05) is 31.9 Å². The summed E-state index contributed by atoms with van der Waals surface area (Å²) in [6, 6.07) is 0. The molecule has 2 saturated carbocycles. The first kappa shape index (κ1) is 16.9. The number of ketones is 1. The van der Waals surface area contributed by atoms with Gasteiger partial charge in [-0.15, -0.1) is 0 Å². The second kappa shape index (κ2) is 5.28. The normalized spacial score (nSPS) is 34.1. The van der Waals surface area contributed by atoms with E-state index in [2.05, 4.69) is 13.8 Å². The fourth-order valence-corrected chi connectivity index (χ4v) is 6.99. The quantitative estimate of drug-likeness (QED) is 0.763. The minimum absolute atomic E-state index is 0.0219. The summed E-state index contributed by atoms with van der Waals surface area (Å²) >= 11 is 0. The van der Waals surface area contributed by atoms with Gasteiger partial charge in [-0.1, -0.05) is 13.8 Å². The molecular formula is C16H26N2O4S. The van der Waals surface area contributed by atoms with Crippen LogP contribution in [0, 0.1) is 16.7 Å². The van der Waals surface area contributed by atoms with E-state index >= 15 is 0 Å². The van der Waals surface area contributed by atoms with Crippen LogP contribution in [0.5, 0.6) is 0 Å². The van der Waals surface area contributed by atoms with Crippen molar-refractivity contribution in [2.24, 2.45) is 16.7 Å². The first-order valence-electron chi connectivity index (χ1n) is 8.37. The molecule has 2 unspecified atom stereocenters. The number of hydrogen-bond acceptors (Lipinski definition) is 4. The summed E-state index contributed by atoms with van der Waals surface area (Å²) in [5.41, 5.74) is -0.952. The zero-order chi connectivity index (χ0) is 17.0. The number of carbonyl (C=O) groups is 2. The second-order valence-corrected chi connectivity index (χ2v) is 9.80. The highest BCUT2D eigenvalue weighted by Gasteiger charge is 2.65. The minimum atomic E-state index is -3.49. The van der Waals surface area contributed by atoms with Gasteiger partial charge < -0.3 is 4.90 Å². The van der Waals surface area contributed by atoms with E-state index in [4.69, 9.17) is 0 Å². The highest BCUT2D eigenvalue weighted by atomic mass is 32.2. The zero-order valence-electron chi connectivity index (χ0n) is 14.2. The molecule has 7 heteroatoms. The number of carbonyl (C=O) groups excluding carboxylic acids is 2. The highest BCUT2D eigenvalue weighted by Crippen LogP contribution is 2.64. The van der Waals surface area contributed by atoms with E-state index in [0.717, 1.165) is 6.42 Å². The summed E-state index contributed by atoms with van der Waals surface area (Å²) in [7, 11) is -3.49. The van der Waals surface area contributed by atoms with E-state index in [-0.39, 0.29) is 22.9 Å². The van der Waals surface area contributed by atoms with Crippen LogP contribution in [0.25, 0.3) is 0 Å². The molecule has 0 aromatic rings. The number of rotatable bonds is 3. The van der Waals surface area contributed by atoms with Crippen LogP contribution in [-0.4, -0.2) is 61.2 Å². The van der Waals surface area contributed by atoms with Crippen molar-refractivity contribution in [3.8, 4) is 0 Å². The third-order valence-corrected chi connectivity index (χ3v) is 8.65. The maximum atomic E-state index is 12.9. The van der Waals surface area contributed by atoms with Gasteiger partial charge >= 0.3 is 0 Å². The van der Waals surface area contributed by atoms with E-state index in [9.17, 15) is 18.0 Å². The lowest BCUT2D eigenvalue weighted by molar-refractivity contribution is -0.130. The van der Waals surface area contributed by atoms with Crippen LogP contribution >= 0.6 is 0 Å². The van der Waals surface area contributed by atoms with Crippen LogP contribution in [0.4, 0.5) is 0 Å². The topological polar surface area (TPSA) is 74.8 Å². The number of fused-ring (bicyclic) bond motifs is 2. The first-order chi connectivity index (χ1) is 10.6. The van der Waals surface area contributed by atoms with Crippen LogP contribution in [-0.2, 0) is 19.6 Å². The van der Waals surface area contributed by atoms with E-state index in [1.54, 1.807) is 4.90 Å². The summed E-state index contributed by atoms with van der Waals surface area (Å²) in [5.74, 6) is 0.360. The Kier molecular flexibility index (Phi) is 3.87. The SMILES string of the molecule is CC(=O)N1CCN(S(=O)(=O)CC23CCC(CC2=O)C3(C)C)CC1. The molecule has 1 saturated heterocycles. The fraction of sp³-hybridized carbons (Fsp3) is 0.875. The monoisotopic (exact) mass is 342 g/mol. The molecule has 0 aromatic carbocycles. The van der Waals surface area contributed by atoms with Crippen molar-refractivity contribution in [1.82, 2.24) is 9.21 Å². The van der Waals surface area contributed by atoms with Crippen LogP contribution < -0.4 is 0 Å². The van der Waals surface area contributed by atoms with Crippen molar-refractivity contribution in [2.45, 2.75) is 40.0 Å². The van der Waals surface area contributed by atoms with Gasteiger partial charge in [-0.2, -0.15) is 4.31 Å². The lowest BCUT2D eigenvalue weighted by Crippen LogP contribution is -2.53. The van der Waals surface area contributed by atoms with Crippen molar-refractivity contribution in [3.05, 3.63) is 0 Å². The fourth-order valence-electron chi connectivity index (χ4n) is 4.79. The summed E-state index contributed by atoms with van der Waals surface area (Å²) in [6.45, 7) is 7.13. The third kappa shape index (κ3) is 2.43. The Balaban J connectivity index is 1.77. The van der Waals surface area contributed by atoms with Crippen LogP contribution in [0.15, 0.2) is 0 Å². The molecule has 1 aliphatic heterocycles. The van der Waals surface area contributed by atoms with Crippen molar-refractivity contribution < 1.29 is 18.0 Å². The molecule has 1 amide bonds. The Morgan fingerprint density at radius 2 is 1.83 bits per heavy atom. The summed E-state index contributed by atoms with van der Waals surface area (Å²) in [5, 5.41) is 0. The molecule has 0 radical (unpaired) electrons. The van der Waals surface area contributed by atoms with E-state index in [1.165, 1.54) is 11.2 Å². The molecule has 2 bridgehead atoms. The smallest absolute Gasteiger partial charge is 0.219 e. The van der Waals surface area contributed by atoms with Gasteiger partial charge in [-0.05, 0) is 24.2 Å². The Bertz CT molecular complexity index is 634. The van der Waals surface area contributed by atoms with Gasteiger partial charge in [0.1, 0.15) is 5.78 Å². The molecule has 0 spiro atoms. The molecule has 23 heavy (non-hydrogen) atoms. The predicted molar refractivity (Wildman–Crippen MR) is 86.2 cm³/mol. The minimum Gasteiger partial charge on any atom is -0.340 e. The number of nitrogens with zero attached hydrogens (tertiary/aromatic N) is 2. The molecule has 3 aliphatic rings. The number of hydrogen-bond donors (Lipinski definition) is 0. The molecule has 130 valence electrons. The average molecular weight is 342 g/mol. The summed E-state index contributed by atoms with van der Waals surface area (Å²) < 4.78 is 27.3. The van der Waals surface area contributed by atoms with E-state index in [0.29, 0.717) is 44.9 Å². The van der Waals surface area contributed by atoms with Crippen LogP contribution in [0.3, 0.4) is 0 Å². The van der Waals surface area contributed by atoms with Gasteiger partial charge in [-0.25, -0.2) is 8.42 Å². The average Bonchev–Trinajstić information content (AvgIpc) is 2.81. The molecule has 3 fully saturated rings. The number of Topliss-reactive ketones (excluding diaryl/α,β-unsaturated/α-hetero) is 1. The van der Waals surface area contributed by atoms with Gasteiger partial charge in [0.25, 0.3) is 0 Å². The predicted octanol–water partition coefficient (Wildman–Crippen LogP) is 0.876. The van der Waals surface area contributed by atoms with Gasteiger partial charge in [-0.3, -0.25) is 9.59 Å². The van der Waals surface area contributed by atoms with Crippen molar-refractivity contribution in [3.63, 3.8) is 0 Å². The van der Waals surface area contributed by atoms with Crippen molar-refractivity contribution >= 4 is 21.7 Å². The summed E-state index contributed by atoms with van der Waals surface area (Å²) in [4.78, 5) is 25.6. The molecule has 0 N–H and O–H groups in total. The van der Waals surface area contributed by atoms with Gasteiger partial charge in [0.05, 0.1) is 5.75 Å². The number of sulfonamides is 1. The van der Waals surface area contributed by atoms with Gasteiger partial charge in [0.2, 0.25) is 15.9 Å². The first-order valence-corrected chi connectivity index (χ1v) is 9.98. The molecule has 3 rings (SSSR count). The highest BCUT2D eigenvalue weighted by molar-refractivity contribution is 7.89. The van der Waals surface area contributed by atoms with Crippen LogP contribution in [0.2, 0.25) is 0 Å². The standard InChI is InChI=1S/C16H26N2O4S/c1-12(19)17-6-8-18(9-7-17)23(21,22)11-16-5-4-13(10-14(16)20)15(16,2)3/h13H,4-11H2,1-3H3. The maximum absolute atomic E-state index is 12.9. The maximum Gasteiger partial charge on any atom is 0.219 e. The third-order valence-electron chi connectivity index (χ3n) is 6.65.